The lowest BCUT2D eigenvalue weighted by atomic mass is 9.91. The summed E-state index contributed by atoms with van der Waals surface area (Å²) in [7, 11) is 0. The van der Waals surface area contributed by atoms with Crippen LogP contribution in [0.1, 0.15) is 49.8 Å². The van der Waals surface area contributed by atoms with Gasteiger partial charge in [0.15, 0.2) is 0 Å². The predicted molar refractivity (Wildman–Crippen MR) is 158 cm³/mol. The molecule has 0 atom stereocenters. The number of unbranched alkanes of at least 4 members (excludes halogenated alkanes) is 2. The van der Waals surface area contributed by atoms with Gasteiger partial charge < -0.3 is 19.7 Å². The maximum atomic E-state index is 12.4. The first-order chi connectivity index (χ1) is 19.2. The van der Waals surface area contributed by atoms with Crippen molar-refractivity contribution in [2.45, 2.75) is 52.9 Å². The Morgan fingerprint density at radius 2 is 1.40 bits per heavy atom. The molecule has 0 spiro atoms. The largest absolute Gasteiger partial charge is 0.423 e. The molecule has 40 heavy (non-hydrogen) atoms. The zero-order valence-electron chi connectivity index (χ0n) is 23.6. The summed E-state index contributed by atoms with van der Waals surface area (Å²) < 4.78 is 10.9. The van der Waals surface area contributed by atoms with E-state index in [0.29, 0.717) is 11.1 Å². The summed E-state index contributed by atoms with van der Waals surface area (Å²) in [6.07, 6.45) is 5.50. The van der Waals surface area contributed by atoms with Crippen molar-refractivity contribution < 1.29 is 29.3 Å². The van der Waals surface area contributed by atoms with Crippen molar-refractivity contribution in [1.82, 2.24) is 0 Å². The van der Waals surface area contributed by atoms with Gasteiger partial charge in [0.25, 0.3) is 0 Å². The van der Waals surface area contributed by atoms with Crippen LogP contribution in [0.2, 0.25) is 0 Å². The fourth-order valence-corrected chi connectivity index (χ4v) is 4.37. The van der Waals surface area contributed by atoms with Crippen molar-refractivity contribution in [3.8, 4) is 33.8 Å². The number of esters is 2. The first-order valence-electron chi connectivity index (χ1n) is 13.6. The molecule has 0 heterocycles. The van der Waals surface area contributed by atoms with E-state index in [-0.39, 0.29) is 22.6 Å². The van der Waals surface area contributed by atoms with Crippen LogP contribution in [0, 0.1) is 6.92 Å². The Bertz CT molecular complexity index is 1380. The van der Waals surface area contributed by atoms with E-state index in [1.165, 1.54) is 30.9 Å². The molecular formula is C34H38O6. The summed E-state index contributed by atoms with van der Waals surface area (Å²) in [6, 6.07) is 18.0. The van der Waals surface area contributed by atoms with Gasteiger partial charge in [-0.1, -0.05) is 82.3 Å². The molecule has 3 aromatic rings. The van der Waals surface area contributed by atoms with E-state index < -0.39 is 25.2 Å². The maximum Gasteiger partial charge on any atom is 0.341 e. The second-order valence-electron chi connectivity index (χ2n) is 9.78. The summed E-state index contributed by atoms with van der Waals surface area (Å²) in [5, 5.41) is 18.5. The van der Waals surface area contributed by atoms with Crippen molar-refractivity contribution in [2.24, 2.45) is 0 Å². The van der Waals surface area contributed by atoms with Crippen molar-refractivity contribution in [3.05, 3.63) is 95.6 Å². The molecule has 0 saturated carbocycles. The van der Waals surface area contributed by atoms with Crippen molar-refractivity contribution in [2.75, 3.05) is 13.2 Å². The van der Waals surface area contributed by atoms with E-state index in [1.54, 1.807) is 13.0 Å². The number of carbonyl (C=O) groups is 2. The number of carbonyl (C=O) groups excluding carboxylic acids is 2. The number of benzene rings is 3. The lowest BCUT2D eigenvalue weighted by Gasteiger charge is -2.17. The summed E-state index contributed by atoms with van der Waals surface area (Å²) >= 11 is 0. The number of aliphatic hydroxyl groups excluding tert-OH is 2. The third kappa shape index (κ3) is 7.56. The molecule has 0 fully saturated rings. The Hall–Kier alpha value is -4.00. The Morgan fingerprint density at radius 3 is 2.00 bits per heavy atom. The van der Waals surface area contributed by atoms with E-state index in [1.807, 2.05) is 6.07 Å². The van der Waals surface area contributed by atoms with Crippen LogP contribution in [0.15, 0.2) is 78.9 Å². The first kappa shape index (κ1) is 30.5. The van der Waals surface area contributed by atoms with Crippen LogP contribution in [0.4, 0.5) is 0 Å². The van der Waals surface area contributed by atoms with Crippen LogP contribution in [-0.2, 0) is 22.4 Å². The molecule has 0 amide bonds. The highest BCUT2D eigenvalue weighted by atomic mass is 16.5. The normalized spacial score (nSPS) is 10.7. The Morgan fingerprint density at radius 1 is 0.775 bits per heavy atom. The van der Waals surface area contributed by atoms with Gasteiger partial charge in [0.05, 0.1) is 24.4 Å². The number of hydrogen-bond acceptors (Lipinski definition) is 6. The highest BCUT2D eigenvalue weighted by Gasteiger charge is 2.19. The summed E-state index contributed by atoms with van der Waals surface area (Å²) in [5.41, 5.74) is 6.73. The summed E-state index contributed by atoms with van der Waals surface area (Å²) in [4.78, 5) is 24.7. The van der Waals surface area contributed by atoms with Crippen LogP contribution in [0.3, 0.4) is 0 Å². The molecule has 0 unspecified atom stereocenters. The van der Waals surface area contributed by atoms with Gasteiger partial charge >= 0.3 is 11.9 Å². The number of rotatable bonds is 13. The van der Waals surface area contributed by atoms with Crippen molar-refractivity contribution in [3.63, 3.8) is 0 Å². The molecular weight excluding hydrogens is 504 g/mol. The van der Waals surface area contributed by atoms with Crippen LogP contribution >= 0.6 is 0 Å². The quantitative estimate of drug-likeness (QED) is 0.110. The van der Waals surface area contributed by atoms with E-state index >= 15 is 0 Å². The number of hydrogen-bond donors (Lipinski definition) is 2. The summed E-state index contributed by atoms with van der Waals surface area (Å²) in [6.45, 7) is 12.0. The lowest BCUT2D eigenvalue weighted by molar-refractivity contribution is -0.131. The molecule has 6 nitrogen and oxygen atoms in total. The molecule has 0 radical (unpaired) electrons. The Labute approximate surface area is 236 Å². The van der Waals surface area contributed by atoms with Gasteiger partial charge in [0, 0.05) is 6.07 Å². The van der Waals surface area contributed by atoms with Gasteiger partial charge in [-0.15, -0.1) is 0 Å². The molecule has 0 saturated heterocycles. The van der Waals surface area contributed by atoms with E-state index in [0.717, 1.165) is 35.1 Å². The molecule has 6 heteroatoms. The Kier molecular flexibility index (Phi) is 11.0. The fraction of sp³-hybridized carbons (Fsp3) is 0.294. The molecule has 0 aromatic heterocycles. The van der Waals surface area contributed by atoms with Gasteiger partial charge in [-0.25, -0.2) is 9.59 Å². The number of aliphatic hydroxyl groups is 2. The smallest absolute Gasteiger partial charge is 0.341 e. The van der Waals surface area contributed by atoms with Gasteiger partial charge in [-0.3, -0.25) is 0 Å². The minimum atomic E-state index is -0.794. The second kappa shape index (κ2) is 14.4. The lowest BCUT2D eigenvalue weighted by Crippen LogP contribution is -2.15. The molecule has 0 bridgehead atoms. The van der Waals surface area contributed by atoms with Gasteiger partial charge in [0.2, 0.25) is 0 Å². The highest BCUT2D eigenvalue weighted by Crippen LogP contribution is 2.38. The van der Waals surface area contributed by atoms with E-state index in [2.05, 4.69) is 63.4 Å². The molecule has 2 N–H and O–H groups in total. The Balaban J connectivity index is 2.02. The maximum absolute atomic E-state index is 12.4. The second-order valence-corrected chi connectivity index (χ2v) is 9.78. The highest BCUT2D eigenvalue weighted by molar-refractivity contribution is 5.92. The van der Waals surface area contributed by atoms with Crippen LogP contribution in [-0.4, -0.2) is 35.4 Å². The van der Waals surface area contributed by atoms with Crippen molar-refractivity contribution in [1.29, 1.82) is 0 Å². The summed E-state index contributed by atoms with van der Waals surface area (Å²) in [5.74, 6) is -1.30. The van der Waals surface area contributed by atoms with E-state index in [9.17, 15) is 19.8 Å². The van der Waals surface area contributed by atoms with Gasteiger partial charge in [0.1, 0.15) is 11.5 Å². The first-order valence-corrected chi connectivity index (χ1v) is 13.6. The molecule has 0 aliphatic rings. The molecule has 3 rings (SSSR count). The molecule has 0 aliphatic carbocycles. The average molecular weight is 543 g/mol. The van der Waals surface area contributed by atoms with Gasteiger partial charge in [-0.05, 0) is 71.2 Å². The fourth-order valence-electron chi connectivity index (χ4n) is 4.37. The molecule has 210 valence electrons. The topological polar surface area (TPSA) is 93.1 Å². The standard InChI is InChI=1S/C34H38O6/c1-6-8-9-10-25-11-13-27(14-12-25)30-16-15-28(17-26(30)7-2)31-18-29(39-33(37)22(3)20-35)19-32(24(31)5)40-34(38)23(4)21-36/h11-19,35-36H,3-4,6-10,20-21H2,1-2,5H3. The predicted octanol–water partition coefficient (Wildman–Crippen LogP) is 6.53. The SMILES string of the molecule is C=C(CO)C(=O)Oc1cc(OC(=O)C(=C)CO)c(C)c(-c2ccc(-c3ccc(CCCCC)cc3)c(CC)c2)c1. The van der Waals surface area contributed by atoms with Crippen LogP contribution in [0.5, 0.6) is 11.5 Å². The molecule has 3 aromatic carbocycles. The van der Waals surface area contributed by atoms with Crippen molar-refractivity contribution >= 4 is 11.9 Å². The van der Waals surface area contributed by atoms with E-state index in [4.69, 9.17) is 9.47 Å². The minimum Gasteiger partial charge on any atom is -0.423 e. The van der Waals surface area contributed by atoms with Crippen LogP contribution < -0.4 is 9.47 Å². The zero-order chi connectivity index (χ0) is 29.2. The third-order valence-corrected chi connectivity index (χ3v) is 6.84. The number of ether oxygens (including phenoxy) is 2. The third-order valence-electron chi connectivity index (χ3n) is 6.84. The van der Waals surface area contributed by atoms with Crippen LogP contribution in [0.25, 0.3) is 22.3 Å². The minimum absolute atomic E-state index is 0.106. The zero-order valence-corrected chi connectivity index (χ0v) is 23.6. The monoisotopic (exact) mass is 542 g/mol. The average Bonchev–Trinajstić information content (AvgIpc) is 2.97. The van der Waals surface area contributed by atoms with Gasteiger partial charge in [-0.2, -0.15) is 0 Å². The number of aryl methyl sites for hydroxylation is 2. The molecule has 0 aliphatic heterocycles.